The third-order valence-electron chi connectivity index (χ3n) is 4.13. The second-order valence-electron chi connectivity index (χ2n) is 6.07. The summed E-state index contributed by atoms with van der Waals surface area (Å²) in [5.41, 5.74) is 2.53. The Kier molecular flexibility index (Phi) is 4.86. The fraction of sp³-hybridized carbons (Fsp3) is 0.533. The fourth-order valence-corrected chi connectivity index (χ4v) is 4.41. The Morgan fingerprint density at radius 1 is 1.43 bits per heavy atom. The van der Waals surface area contributed by atoms with Gasteiger partial charge in [-0.1, -0.05) is 0 Å². The topological polar surface area (TPSA) is 67.2 Å². The van der Waals surface area contributed by atoms with E-state index < -0.39 is 10.0 Å². The summed E-state index contributed by atoms with van der Waals surface area (Å²) in [6.07, 6.45) is 3.76. The van der Waals surface area contributed by atoms with Gasteiger partial charge in [0.1, 0.15) is 0 Å². The van der Waals surface area contributed by atoms with Crippen molar-refractivity contribution in [2.45, 2.75) is 32.5 Å². The summed E-state index contributed by atoms with van der Waals surface area (Å²) in [5, 5.41) is 6.55. The van der Waals surface area contributed by atoms with Crippen LogP contribution in [0.25, 0.3) is 0 Å². The number of nitrogens with zero attached hydrogens (tertiary/aromatic N) is 3. The number of fused-ring (bicyclic) bond motifs is 1. The highest BCUT2D eigenvalue weighted by molar-refractivity contribution is 7.88. The number of aromatic nitrogens is 2. The van der Waals surface area contributed by atoms with Crippen molar-refractivity contribution in [2.75, 3.05) is 19.3 Å². The van der Waals surface area contributed by atoms with Gasteiger partial charge in [0.2, 0.25) is 10.0 Å². The Morgan fingerprint density at radius 3 is 2.96 bits per heavy atom. The molecule has 0 spiro atoms. The first kappa shape index (κ1) is 16.6. The van der Waals surface area contributed by atoms with E-state index in [1.54, 1.807) is 11.3 Å². The highest BCUT2D eigenvalue weighted by atomic mass is 32.2. The van der Waals surface area contributed by atoms with Gasteiger partial charge in [0, 0.05) is 37.3 Å². The molecule has 1 unspecified atom stereocenters. The third kappa shape index (κ3) is 4.20. The number of sulfonamides is 1. The maximum Gasteiger partial charge on any atom is 0.208 e. The van der Waals surface area contributed by atoms with Crippen LogP contribution in [0.1, 0.15) is 28.6 Å². The number of hydrogen-bond acceptors (Lipinski definition) is 5. The van der Waals surface area contributed by atoms with Gasteiger partial charge in [0.25, 0.3) is 0 Å². The minimum absolute atomic E-state index is 0.197. The van der Waals surface area contributed by atoms with Crippen molar-refractivity contribution in [1.82, 2.24) is 19.4 Å². The summed E-state index contributed by atoms with van der Waals surface area (Å²) in [6, 6.07) is 4.40. The molecule has 0 aromatic carbocycles. The van der Waals surface area contributed by atoms with E-state index in [4.69, 9.17) is 0 Å². The molecule has 2 aromatic heterocycles. The Bertz CT molecular complexity index is 766. The lowest BCUT2D eigenvalue weighted by molar-refractivity contribution is 0.163. The van der Waals surface area contributed by atoms with Crippen molar-refractivity contribution in [2.24, 2.45) is 0 Å². The van der Waals surface area contributed by atoms with Crippen LogP contribution in [0.2, 0.25) is 0 Å². The largest absolute Gasteiger partial charge is 0.290 e. The maximum absolute atomic E-state index is 11.2. The molecular formula is C15H22N4O2S2. The molecule has 0 bridgehead atoms. The number of thiophene rings is 1. The van der Waals surface area contributed by atoms with Crippen LogP contribution in [-0.4, -0.2) is 42.4 Å². The number of hydrogen-bond donors (Lipinski definition) is 1. The second-order valence-corrected chi connectivity index (χ2v) is 8.91. The Balaban J connectivity index is 1.68. The van der Waals surface area contributed by atoms with E-state index >= 15 is 0 Å². The summed E-state index contributed by atoms with van der Waals surface area (Å²) in [5.74, 6) is 0. The van der Waals surface area contributed by atoms with Crippen LogP contribution in [0.5, 0.6) is 0 Å². The van der Waals surface area contributed by atoms with Crippen LogP contribution in [0.4, 0.5) is 0 Å². The van der Waals surface area contributed by atoms with E-state index in [-0.39, 0.29) is 6.04 Å². The average molecular weight is 355 g/mol. The molecule has 3 rings (SSSR count). The lowest BCUT2D eigenvalue weighted by atomic mass is 10.1. The first-order chi connectivity index (χ1) is 10.9. The van der Waals surface area contributed by atoms with Crippen LogP contribution in [-0.2, 0) is 23.1 Å². The van der Waals surface area contributed by atoms with Gasteiger partial charge >= 0.3 is 0 Å². The summed E-state index contributed by atoms with van der Waals surface area (Å²) >= 11 is 1.79. The predicted octanol–water partition coefficient (Wildman–Crippen LogP) is 1.75. The molecule has 0 aliphatic carbocycles. The highest BCUT2D eigenvalue weighted by Gasteiger charge is 2.26. The van der Waals surface area contributed by atoms with E-state index in [2.05, 4.69) is 33.1 Å². The molecule has 0 fully saturated rings. The molecule has 1 aliphatic heterocycles. The summed E-state index contributed by atoms with van der Waals surface area (Å²) in [7, 11) is -3.14. The molecule has 1 aliphatic rings. The molecule has 0 radical (unpaired) electrons. The van der Waals surface area contributed by atoms with Gasteiger partial charge in [-0.05, 0) is 36.4 Å². The Hall–Kier alpha value is -1.22. The van der Waals surface area contributed by atoms with Crippen molar-refractivity contribution < 1.29 is 8.42 Å². The lowest BCUT2D eigenvalue weighted by Crippen LogP contribution is -2.38. The monoisotopic (exact) mass is 354 g/mol. The maximum atomic E-state index is 11.2. The van der Waals surface area contributed by atoms with Gasteiger partial charge in [-0.3, -0.25) is 9.58 Å². The van der Waals surface area contributed by atoms with Gasteiger partial charge in [0.15, 0.2) is 0 Å². The molecule has 0 amide bonds. The van der Waals surface area contributed by atoms with Gasteiger partial charge in [-0.15, -0.1) is 11.3 Å². The second kappa shape index (κ2) is 6.72. The first-order valence-electron chi connectivity index (χ1n) is 7.65. The van der Waals surface area contributed by atoms with Crippen LogP contribution in [0.15, 0.2) is 23.7 Å². The molecule has 2 aromatic rings. The zero-order valence-electron chi connectivity index (χ0n) is 13.4. The van der Waals surface area contributed by atoms with Gasteiger partial charge < -0.3 is 0 Å². The van der Waals surface area contributed by atoms with Crippen molar-refractivity contribution in [1.29, 1.82) is 0 Å². The van der Waals surface area contributed by atoms with Crippen LogP contribution < -0.4 is 4.72 Å². The summed E-state index contributed by atoms with van der Waals surface area (Å²) in [4.78, 5) is 3.81. The predicted molar refractivity (Wildman–Crippen MR) is 91.9 cm³/mol. The Labute approximate surface area is 141 Å². The van der Waals surface area contributed by atoms with Crippen LogP contribution in [0.3, 0.4) is 0 Å². The summed E-state index contributed by atoms with van der Waals surface area (Å²) in [6.45, 7) is 5.29. The van der Waals surface area contributed by atoms with E-state index in [9.17, 15) is 8.42 Å². The molecule has 6 nitrogen and oxygen atoms in total. The van der Waals surface area contributed by atoms with Gasteiger partial charge in [-0.2, -0.15) is 5.10 Å². The minimum atomic E-state index is -3.14. The molecule has 3 heterocycles. The third-order valence-corrected chi connectivity index (χ3v) is 5.87. The number of aryl methyl sites for hydroxylation is 1. The fourth-order valence-electron chi connectivity index (χ4n) is 2.98. The van der Waals surface area contributed by atoms with E-state index in [0.717, 1.165) is 26.1 Å². The smallest absolute Gasteiger partial charge is 0.208 e. The van der Waals surface area contributed by atoms with Crippen molar-refractivity contribution in [3.63, 3.8) is 0 Å². The minimum Gasteiger partial charge on any atom is -0.290 e. The zero-order valence-corrected chi connectivity index (χ0v) is 15.0. The molecule has 1 N–H and O–H groups in total. The normalized spacial score (nSPS) is 19.0. The van der Waals surface area contributed by atoms with Crippen LogP contribution in [0, 0.1) is 6.92 Å². The molecule has 1 atom stereocenters. The number of nitrogens with one attached hydrogen (secondary N) is 1. The molecule has 0 saturated carbocycles. The molecule has 8 heteroatoms. The van der Waals surface area contributed by atoms with E-state index in [0.29, 0.717) is 6.54 Å². The van der Waals surface area contributed by atoms with Crippen molar-refractivity contribution >= 4 is 21.4 Å². The first-order valence-corrected chi connectivity index (χ1v) is 10.4. The summed E-state index contributed by atoms with van der Waals surface area (Å²) < 4.78 is 27.1. The van der Waals surface area contributed by atoms with E-state index in [1.807, 2.05) is 16.9 Å². The van der Waals surface area contributed by atoms with Gasteiger partial charge in [0.05, 0.1) is 18.0 Å². The quantitative estimate of drug-likeness (QED) is 0.858. The Morgan fingerprint density at radius 2 is 2.26 bits per heavy atom. The van der Waals surface area contributed by atoms with Crippen LogP contribution >= 0.6 is 11.3 Å². The SMILES string of the molecule is Cc1ccsc1CN1Cc2ccnn2C(CCNS(C)(=O)=O)C1. The highest BCUT2D eigenvalue weighted by Crippen LogP contribution is 2.26. The molecular weight excluding hydrogens is 332 g/mol. The zero-order chi connectivity index (χ0) is 16.4. The van der Waals surface area contributed by atoms with Crippen molar-refractivity contribution in [3.05, 3.63) is 39.8 Å². The average Bonchev–Trinajstić information content (AvgIpc) is 3.07. The molecule has 23 heavy (non-hydrogen) atoms. The van der Waals surface area contributed by atoms with Crippen molar-refractivity contribution in [3.8, 4) is 0 Å². The lowest BCUT2D eigenvalue weighted by Gasteiger charge is -2.34. The molecule has 0 saturated heterocycles. The standard InChI is InChI=1S/C15H22N4O2S2/c1-12-5-8-22-15(12)11-18-9-13-3-6-16-19(13)14(10-18)4-7-17-23(2,20)21/h3,5-6,8,14,17H,4,7,9-11H2,1-2H3. The van der Waals surface area contributed by atoms with E-state index in [1.165, 1.54) is 22.4 Å². The number of rotatable bonds is 6. The van der Waals surface area contributed by atoms with Gasteiger partial charge in [-0.25, -0.2) is 13.1 Å². The molecule has 126 valence electrons.